The molecule has 0 aliphatic heterocycles. The number of imidazole rings is 1. The molecule has 2 heterocycles. The van der Waals surface area contributed by atoms with Gasteiger partial charge < -0.3 is 20.2 Å². The molecule has 0 aliphatic carbocycles. The molecule has 0 aliphatic rings. The second-order valence-corrected chi connectivity index (χ2v) is 7.12. The van der Waals surface area contributed by atoms with Gasteiger partial charge in [0.1, 0.15) is 5.82 Å². The first-order valence-corrected chi connectivity index (χ1v) is 10.2. The van der Waals surface area contributed by atoms with Gasteiger partial charge in [-0.2, -0.15) is 0 Å². The third kappa shape index (κ3) is 6.48. The maximum absolute atomic E-state index is 4.72. The molecule has 2 aromatic heterocycles. The maximum Gasteiger partial charge on any atom is 0.191 e. The summed E-state index contributed by atoms with van der Waals surface area (Å²) >= 11 is 0. The average molecular weight is 508 g/mol. The third-order valence-electron chi connectivity index (χ3n) is 5.03. The van der Waals surface area contributed by atoms with Crippen LogP contribution in [0.5, 0.6) is 0 Å². The van der Waals surface area contributed by atoms with Crippen molar-refractivity contribution in [3.63, 3.8) is 0 Å². The van der Waals surface area contributed by atoms with E-state index in [0.717, 1.165) is 57.2 Å². The van der Waals surface area contributed by atoms with Crippen LogP contribution in [0.3, 0.4) is 0 Å². The maximum atomic E-state index is 4.72. The molecule has 0 fully saturated rings. The Morgan fingerprint density at radius 3 is 2.83 bits per heavy atom. The van der Waals surface area contributed by atoms with E-state index < -0.39 is 0 Å². The predicted molar refractivity (Wildman–Crippen MR) is 132 cm³/mol. The minimum Gasteiger partial charge on any atom is -0.361 e. The molecule has 0 bridgehead atoms. The molecule has 158 valence electrons. The molecule has 0 spiro atoms. The highest BCUT2D eigenvalue weighted by molar-refractivity contribution is 14.0. The number of benzene rings is 1. The quantitative estimate of drug-likeness (QED) is 0.176. The van der Waals surface area contributed by atoms with Crippen molar-refractivity contribution in [1.29, 1.82) is 0 Å². The van der Waals surface area contributed by atoms with E-state index in [9.17, 15) is 0 Å². The van der Waals surface area contributed by atoms with Crippen LogP contribution in [-0.4, -0.2) is 40.1 Å². The van der Waals surface area contributed by atoms with Crippen LogP contribution in [0.2, 0.25) is 0 Å². The topological polar surface area (TPSA) is 70.0 Å². The number of aliphatic imine (C=N–C) groups is 1. The minimum atomic E-state index is 0. The molecule has 0 saturated carbocycles. The zero-order chi connectivity index (χ0) is 19.8. The van der Waals surface area contributed by atoms with E-state index in [0.29, 0.717) is 0 Å². The molecule has 3 N–H and O–H groups in total. The number of aryl methyl sites for hydroxylation is 3. The number of H-pyrrole nitrogens is 1. The van der Waals surface area contributed by atoms with Gasteiger partial charge >= 0.3 is 0 Å². The fourth-order valence-corrected chi connectivity index (χ4v) is 3.53. The zero-order valence-corrected chi connectivity index (χ0v) is 20.0. The molecule has 3 rings (SSSR count). The molecule has 0 radical (unpaired) electrons. The van der Waals surface area contributed by atoms with E-state index in [-0.39, 0.29) is 24.0 Å². The summed E-state index contributed by atoms with van der Waals surface area (Å²) in [4.78, 5) is 12.4. The van der Waals surface area contributed by atoms with Crippen LogP contribution >= 0.6 is 24.0 Å². The van der Waals surface area contributed by atoms with Crippen molar-refractivity contribution >= 4 is 40.8 Å². The van der Waals surface area contributed by atoms with Crippen LogP contribution in [0, 0.1) is 13.8 Å². The van der Waals surface area contributed by atoms with E-state index in [4.69, 9.17) is 4.99 Å². The summed E-state index contributed by atoms with van der Waals surface area (Å²) in [6, 6.07) is 6.40. The second-order valence-electron chi connectivity index (χ2n) is 7.12. The number of fused-ring (bicyclic) bond motifs is 1. The van der Waals surface area contributed by atoms with Gasteiger partial charge in [-0.1, -0.05) is 12.1 Å². The lowest BCUT2D eigenvalue weighted by atomic mass is 10.1. The number of aromatic nitrogens is 3. The Morgan fingerprint density at radius 1 is 1.21 bits per heavy atom. The smallest absolute Gasteiger partial charge is 0.191 e. The lowest BCUT2D eigenvalue weighted by molar-refractivity contribution is 0.600. The number of nitrogens with one attached hydrogen (secondary N) is 3. The van der Waals surface area contributed by atoms with Gasteiger partial charge in [0.15, 0.2) is 5.96 Å². The first-order valence-electron chi connectivity index (χ1n) is 10.2. The Hall–Kier alpha value is -2.03. The standard InChI is InChI=1S/C22H32N6.HI/c1-4-23-22(25-11-5-6-14-28-15-13-24-18(28)3)26-12-10-19-16-27-20-9-7-8-17(2)21(19)20;/h7-9,13,15-16,27H,4-6,10-12,14H2,1-3H3,(H2,23,25,26);1H. The van der Waals surface area contributed by atoms with Crippen molar-refractivity contribution in [3.05, 3.63) is 53.7 Å². The fourth-order valence-electron chi connectivity index (χ4n) is 3.53. The summed E-state index contributed by atoms with van der Waals surface area (Å²) in [5, 5.41) is 8.16. The molecule has 0 saturated heterocycles. The highest BCUT2D eigenvalue weighted by Gasteiger charge is 2.06. The van der Waals surface area contributed by atoms with Crippen molar-refractivity contribution < 1.29 is 0 Å². The van der Waals surface area contributed by atoms with Crippen LogP contribution < -0.4 is 10.6 Å². The van der Waals surface area contributed by atoms with Crippen LogP contribution in [-0.2, 0) is 13.0 Å². The largest absolute Gasteiger partial charge is 0.361 e. The minimum absolute atomic E-state index is 0. The lowest BCUT2D eigenvalue weighted by Crippen LogP contribution is -2.38. The molecule has 0 atom stereocenters. The summed E-state index contributed by atoms with van der Waals surface area (Å²) in [5.74, 6) is 1.98. The van der Waals surface area contributed by atoms with Crippen LogP contribution in [0.4, 0.5) is 0 Å². The van der Waals surface area contributed by atoms with Crippen LogP contribution in [0.15, 0.2) is 41.8 Å². The number of guanidine groups is 1. The molecule has 0 unspecified atom stereocenters. The highest BCUT2D eigenvalue weighted by Crippen LogP contribution is 2.22. The van der Waals surface area contributed by atoms with Gasteiger partial charge in [-0.3, -0.25) is 4.99 Å². The molecule has 7 heteroatoms. The van der Waals surface area contributed by atoms with E-state index in [2.05, 4.69) is 63.4 Å². The molecule has 29 heavy (non-hydrogen) atoms. The average Bonchev–Trinajstić information content (AvgIpc) is 3.28. The molecule has 0 amide bonds. The molecule has 6 nitrogen and oxygen atoms in total. The highest BCUT2D eigenvalue weighted by atomic mass is 127. The van der Waals surface area contributed by atoms with Gasteiger partial charge in [-0.25, -0.2) is 4.98 Å². The van der Waals surface area contributed by atoms with E-state index in [1.54, 1.807) is 0 Å². The van der Waals surface area contributed by atoms with Crippen LogP contribution in [0.25, 0.3) is 10.9 Å². The number of rotatable bonds is 9. The molecular weight excluding hydrogens is 475 g/mol. The first kappa shape index (κ1) is 23.3. The Morgan fingerprint density at radius 2 is 2.07 bits per heavy atom. The monoisotopic (exact) mass is 508 g/mol. The van der Waals surface area contributed by atoms with Gasteiger partial charge in [-0.05, 0) is 57.2 Å². The number of aromatic amines is 1. The number of hydrogen-bond donors (Lipinski definition) is 3. The Kier molecular flexibility index (Phi) is 9.50. The molecule has 3 aromatic rings. The predicted octanol–water partition coefficient (Wildman–Crippen LogP) is 4.18. The third-order valence-corrected chi connectivity index (χ3v) is 5.03. The van der Waals surface area contributed by atoms with Crippen molar-refractivity contribution in [3.8, 4) is 0 Å². The number of hydrogen-bond acceptors (Lipinski definition) is 2. The first-order chi connectivity index (χ1) is 13.7. The normalized spacial score (nSPS) is 11.5. The summed E-state index contributed by atoms with van der Waals surface area (Å²) in [5.41, 5.74) is 3.89. The van der Waals surface area contributed by atoms with Crippen molar-refractivity contribution in [2.45, 2.75) is 46.6 Å². The van der Waals surface area contributed by atoms with Crippen molar-refractivity contribution in [1.82, 2.24) is 25.2 Å². The number of unbranched alkanes of at least 4 members (excludes halogenated alkanes) is 1. The van der Waals surface area contributed by atoms with Gasteiger partial charge in [0.25, 0.3) is 0 Å². The van der Waals surface area contributed by atoms with Gasteiger partial charge in [0.2, 0.25) is 0 Å². The van der Waals surface area contributed by atoms with Gasteiger partial charge in [-0.15, -0.1) is 24.0 Å². The summed E-state index contributed by atoms with van der Waals surface area (Å²) < 4.78 is 2.19. The van der Waals surface area contributed by atoms with Gasteiger partial charge in [0, 0.05) is 55.7 Å². The summed E-state index contributed by atoms with van der Waals surface area (Å²) in [7, 11) is 0. The van der Waals surface area contributed by atoms with Crippen molar-refractivity contribution in [2.24, 2.45) is 4.99 Å². The van der Waals surface area contributed by atoms with Crippen molar-refractivity contribution in [2.75, 3.05) is 19.6 Å². The van der Waals surface area contributed by atoms with Gasteiger partial charge in [0.05, 0.1) is 0 Å². The Labute approximate surface area is 190 Å². The van der Waals surface area contributed by atoms with Crippen LogP contribution in [0.1, 0.15) is 36.7 Å². The molecule has 1 aromatic carbocycles. The Bertz CT molecular complexity index is 911. The number of nitrogens with zero attached hydrogens (tertiary/aromatic N) is 3. The lowest BCUT2D eigenvalue weighted by Gasteiger charge is -2.11. The SMILES string of the molecule is CCNC(=NCCCCn1ccnc1C)NCCc1c[nH]c2cccc(C)c12.I. The summed E-state index contributed by atoms with van der Waals surface area (Å²) in [6.45, 7) is 9.88. The fraction of sp³-hybridized carbons (Fsp3) is 0.455. The zero-order valence-electron chi connectivity index (χ0n) is 17.7. The second kappa shape index (κ2) is 11.8. The molecular formula is C22H33IN6. The number of halogens is 1. The summed E-state index contributed by atoms with van der Waals surface area (Å²) in [6.07, 6.45) is 9.16. The van der Waals surface area contributed by atoms with E-state index in [1.165, 1.54) is 22.0 Å². The van der Waals surface area contributed by atoms with E-state index in [1.807, 2.05) is 19.3 Å². The Balaban J connectivity index is 0.00000300. The van der Waals surface area contributed by atoms with E-state index >= 15 is 0 Å².